The van der Waals surface area contributed by atoms with Gasteiger partial charge >= 0.3 is 0 Å². The van der Waals surface area contributed by atoms with E-state index in [0.29, 0.717) is 6.61 Å². The topological polar surface area (TPSA) is 38.7 Å². The zero-order valence-electron chi connectivity index (χ0n) is 4.83. The van der Waals surface area contributed by atoms with Crippen LogP contribution in [0.4, 0.5) is 0 Å². The van der Waals surface area contributed by atoms with E-state index in [0.717, 1.165) is 0 Å². The summed E-state index contributed by atoms with van der Waals surface area (Å²) in [6.45, 7) is 2.40. The van der Waals surface area contributed by atoms with Crippen molar-refractivity contribution in [2.75, 3.05) is 13.2 Å². The van der Waals surface area contributed by atoms with Crippen LogP contribution in [0.15, 0.2) is 0 Å². The average Bonchev–Trinajstić information content (AvgIpc) is 2.14. The van der Waals surface area contributed by atoms with Gasteiger partial charge in [0, 0.05) is 0 Å². The van der Waals surface area contributed by atoms with E-state index < -0.39 is 0 Å². The summed E-state index contributed by atoms with van der Waals surface area (Å²) >= 11 is 0. The molecule has 8 heavy (non-hydrogen) atoms. The minimum atomic E-state index is -0.132. The summed E-state index contributed by atoms with van der Waals surface area (Å²) in [5.74, 6) is 0. The van der Waals surface area contributed by atoms with E-state index in [1.165, 1.54) is 0 Å². The third-order valence-corrected chi connectivity index (χ3v) is 1.10. The van der Waals surface area contributed by atoms with Crippen molar-refractivity contribution < 1.29 is 14.6 Å². The molecule has 0 aliphatic carbocycles. The molecule has 3 nitrogen and oxygen atoms in total. The van der Waals surface area contributed by atoms with Crippen molar-refractivity contribution in [3.63, 3.8) is 0 Å². The number of aliphatic hydroxyl groups is 1. The Labute approximate surface area is 48.2 Å². The molecule has 1 N–H and O–H groups in total. The first-order chi connectivity index (χ1) is 3.83. The van der Waals surface area contributed by atoms with E-state index in [1.54, 1.807) is 0 Å². The fourth-order valence-corrected chi connectivity index (χ4v) is 0.688. The molecule has 0 bridgehead atoms. The molecular weight excluding hydrogens is 108 g/mol. The average molecular weight is 118 g/mol. The Balaban J connectivity index is 2.22. The largest absolute Gasteiger partial charge is 0.394 e. The summed E-state index contributed by atoms with van der Waals surface area (Å²) in [5.41, 5.74) is 0. The molecule has 2 atom stereocenters. The second kappa shape index (κ2) is 2.44. The highest BCUT2D eigenvalue weighted by Crippen LogP contribution is 2.08. The molecule has 1 aliphatic heterocycles. The molecule has 48 valence electrons. The van der Waals surface area contributed by atoms with Crippen molar-refractivity contribution >= 4 is 0 Å². The van der Waals surface area contributed by atoms with Gasteiger partial charge in [-0.3, -0.25) is 0 Å². The Morgan fingerprint density at radius 3 is 2.75 bits per heavy atom. The van der Waals surface area contributed by atoms with Crippen molar-refractivity contribution in [1.29, 1.82) is 0 Å². The standard InChI is InChI=1S/C5H10O3/c1-4-7-3-5(2-6)8-4/h4-6H,2-3H2,1H3/t4-,5-/m0/s1. The lowest BCUT2D eigenvalue weighted by Gasteiger charge is -2.01. The maximum absolute atomic E-state index is 8.48. The predicted molar refractivity (Wildman–Crippen MR) is 27.4 cm³/mol. The van der Waals surface area contributed by atoms with Gasteiger partial charge in [0.2, 0.25) is 0 Å². The summed E-state index contributed by atoms with van der Waals surface area (Å²) < 4.78 is 10.0. The lowest BCUT2D eigenvalue weighted by molar-refractivity contribution is -0.0505. The molecule has 0 amide bonds. The molecule has 0 saturated carbocycles. The van der Waals surface area contributed by atoms with E-state index in [9.17, 15) is 0 Å². The van der Waals surface area contributed by atoms with Crippen molar-refractivity contribution in [2.45, 2.75) is 19.3 Å². The maximum atomic E-state index is 8.48. The van der Waals surface area contributed by atoms with Crippen LogP contribution >= 0.6 is 0 Å². The molecule has 1 heterocycles. The minimum absolute atomic E-state index is 0.0599. The third-order valence-electron chi connectivity index (χ3n) is 1.10. The molecule has 3 heteroatoms. The van der Waals surface area contributed by atoms with E-state index in [1.807, 2.05) is 6.92 Å². The smallest absolute Gasteiger partial charge is 0.155 e. The molecule has 1 fully saturated rings. The van der Waals surface area contributed by atoms with Gasteiger partial charge in [0.1, 0.15) is 6.10 Å². The number of hydrogen-bond acceptors (Lipinski definition) is 3. The number of hydrogen-bond donors (Lipinski definition) is 1. The molecule has 0 radical (unpaired) electrons. The number of aliphatic hydroxyl groups excluding tert-OH is 1. The van der Waals surface area contributed by atoms with Crippen LogP contribution in [0.5, 0.6) is 0 Å². The Morgan fingerprint density at radius 1 is 1.75 bits per heavy atom. The van der Waals surface area contributed by atoms with E-state index in [4.69, 9.17) is 14.6 Å². The van der Waals surface area contributed by atoms with Gasteiger partial charge in [0.05, 0.1) is 13.2 Å². The quantitative estimate of drug-likeness (QED) is 0.515. The third kappa shape index (κ3) is 1.18. The highest BCUT2D eigenvalue weighted by atomic mass is 16.7. The zero-order chi connectivity index (χ0) is 5.98. The second-order valence-corrected chi connectivity index (χ2v) is 1.84. The lowest BCUT2D eigenvalue weighted by atomic mass is 10.4. The van der Waals surface area contributed by atoms with Gasteiger partial charge < -0.3 is 14.6 Å². The Bertz CT molecular complexity index is 74.1. The van der Waals surface area contributed by atoms with Crippen molar-refractivity contribution in [3.05, 3.63) is 0 Å². The van der Waals surface area contributed by atoms with Gasteiger partial charge in [-0.15, -0.1) is 0 Å². The normalized spacial score (nSPS) is 38.2. The zero-order valence-corrected chi connectivity index (χ0v) is 4.83. The second-order valence-electron chi connectivity index (χ2n) is 1.84. The van der Waals surface area contributed by atoms with Crippen LogP contribution in [0.1, 0.15) is 6.92 Å². The van der Waals surface area contributed by atoms with E-state index in [2.05, 4.69) is 0 Å². The Morgan fingerprint density at radius 2 is 2.50 bits per heavy atom. The molecule has 0 unspecified atom stereocenters. The van der Waals surface area contributed by atoms with Gasteiger partial charge in [0.25, 0.3) is 0 Å². The van der Waals surface area contributed by atoms with E-state index in [-0.39, 0.29) is 19.0 Å². The van der Waals surface area contributed by atoms with Crippen LogP contribution in [0.25, 0.3) is 0 Å². The fraction of sp³-hybridized carbons (Fsp3) is 1.00. The van der Waals surface area contributed by atoms with Gasteiger partial charge in [-0.1, -0.05) is 0 Å². The molecule has 1 rings (SSSR count). The van der Waals surface area contributed by atoms with Crippen LogP contribution < -0.4 is 0 Å². The summed E-state index contributed by atoms with van der Waals surface area (Å²) in [5, 5.41) is 8.48. The molecule has 1 saturated heterocycles. The molecule has 1 aliphatic rings. The van der Waals surface area contributed by atoms with Crippen molar-refractivity contribution in [1.82, 2.24) is 0 Å². The van der Waals surface area contributed by atoms with Gasteiger partial charge in [-0.05, 0) is 6.92 Å². The van der Waals surface area contributed by atoms with Gasteiger partial charge in [-0.25, -0.2) is 0 Å². The first kappa shape index (κ1) is 6.01. The number of rotatable bonds is 1. The maximum Gasteiger partial charge on any atom is 0.155 e. The highest BCUT2D eigenvalue weighted by Gasteiger charge is 2.20. The predicted octanol–water partition coefficient (Wildman–Crippen LogP) is -0.260. The lowest BCUT2D eigenvalue weighted by Crippen LogP contribution is -2.14. The Hall–Kier alpha value is -0.120. The van der Waals surface area contributed by atoms with Gasteiger partial charge in [0.15, 0.2) is 6.29 Å². The molecule has 0 aromatic heterocycles. The molecular formula is C5H10O3. The monoisotopic (exact) mass is 118 g/mol. The summed E-state index contributed by atoms with van der Waals surface area (Å²) in [7, 11) is 0. The number of ether oxygens (including phenoxy) is 2. The minimum Gasteiger partial charge on any atom is -0.394 e. The van der Waals surface area contributed by atoms with Crippen LogP contribution in [0, 0.1) is 0 Å². The van der Waals surface area contributed by atoms with E-state index >= 15 is 0 Å². The van der Waals surface area contributed by atoms with Crippen LogP contribution in [-0.2, 0) is 9.47 Å². The first-order valence-corrected chi connectivity index (χ1v) is 2.71. The van der Waals surface area contributed by atoms with Crippen LogP contribution in [0.2, 0.25) is 0 Å². The molecule has 0 aromatic carbocycles. The summed E-state index contributed by atoms with van der Waals surface area (Å²) in [6, 6.07) is 0. The summed E-state index contributed by atoms with van der Waals surface area (Å²) in [4.78, 5) is 0. The SMILES string of the molecule is C[C@H]1OC[C@H](CO)O1. The highest BCUT2D eigenvalue weighted by molar-refractivity contribution is 4.59. The van der Waals surface area contributed by atoms with Gasteiger partial charge in [-0.2, -0.15) is 0 Å². The Kier molecular flexibility index (Phi) is 1.83. The van der Waals surface area contributed by atoms with Crippen molar-refractivity contribution in [3.8, 4) is 0 Å². The molecule has 0 spiro atoms. The van der Waals surface area contributed by atoms with Crippen LogP contribution in [-0.4, -0.2) is 30.7 Å². The first-order valence-electron chi connectivity index (χ1n) is 2.71. The molecule has 0 aromatic rings. The van der Waals surface area contributed by atoms with Crippen LogP contribution in [0.3, 0.4) is 0 Å². The fourth-order valence-electron chi connectivity index (χ4n) is 0.688. The van der Waals surface area contributed by atoms with Crippen molar-refractivity contribution in [2.24, 2.45) is 0 Å². The summed E-state index contributed by atoms with van der Waals surface area (Å²) in [6.07, 6.45) is -0.225.